The number of amides is 3. The SMILES string of the molecule is COc1ccc(-n2nnnc2SCC(=O)NC(=O)NCC(F)(F)F)cc1. The number of tetrazole rings is 1. The number of carbonyl (C=O) groups is 2. The van der Waals surface area contributed by atoms with Gasteiger partial charge in [-0.15, -0.1) is 5.10 Å². The van der Waals surface area contributed by atoms with E-state index in [1.54, 1.807) is 29.6 Å². The van der Waals surface area contributed by atoms with Crippen molar-refractivity contribution in [3.63, 3.8) is 0 Å². The molecule has 26 heavy (non-hydrogen) atoms. The highest BCUT2D eigenvalue weighted by Crippen LogP contribution is 2.20. The van der Waals surface area contributed by atoms with Crippen LogP contribution in [0.15, 0.2) is 29.4 Å². The number of hydrogen-bond acceptors (Lipinski definition) is 7. The highest BCUT2D eigenvalue weighted by Gasteiger charge is 2.28. The van der Waals surface area contributed by atoms with Crippen LogP contribution < -0.4 is 15.4 Å². The van der Waals surface area contributed by atoms with Crippen LogP contribution in [0.5, 0.6) is 5.75 Å². The molecule has 0 saturated heterocycles. The molecule has 1 aromatic carbocycles. The summed E-state index contributed by atoms with van der Waals surface area (Å²) in [6.45, 7) is -1.53. The lowest BCUT2D eigenvalue weighted by molar-refractivity contribution is -0.124. The van der Waals surface area contributed by atoms with Crippen molar-refractivity contribution in [1.29, 1.82) is 0 Å². The maximum absolute atomic E-state index is 12.0. The summed E-state index contributed by atoms with van der Waals surface area (Å²) in [5.41, 5.74) is 0.613. The fraction of sp³-hybridized carbons (Fsp3) is 0.308. The number of rotatable bonds is 6. The maximum atomic E-state index is 12.0. The largest absolute Gasteiger partial charge is 0.497 e. The standard InChI is InChI=1S/C13H13F3N6O3S/c1-25-9-4-2-8(3-5-9)22-12(19-20-21-22)26-6-10(23)18-11(24)17-7-13(14,15)16/h2-5H,6-7H2,1H3,(H2,17,18,23,24). The van der Waals surface area contributed by atoms with Crippen LogP contribution in [0.1, 0.15) is 0 Å². The summed E-state index contributed by atoms with van der Waals surface area (Å²) in [7, 11) is 1.52. The van der Waals surface area contributed by atoms with Gasteiger partial charge >= 0.3 is 12.2 Å². The molecule has 2 N–H and O–H groups in total. The third-order valence-corrected chi connectivity index (χ3v) is 3.71. The van der Waals surface area contributed by atoms with Crippen molar-refractivity contribution in [2.24, 2.45) is 0 Å². The Hall–Kier alpha value is -2.83. The van der Waals surface area contributed by atoms with Crippen molar-refractivity contribution in [3.8, 4) is 11.4 Å². The molecule has 0 aliphatic carbocycles. The van der Waals surface area contributed by atoms with Crippen molar-refractivity contribution < 1.29 is 27.5 Å². The van der Waals surface area contributed by atoms with E-state index in [4.69, 9.17) is 4.74 Å². The van der Waals surface area contributed by atoms with Gasteiger partial charge in [-0.1, -0.05) is 11.8 Å². The van der Waals surface area contributed by atoms with Gasteiger partial charge in [-0.3, -0.25) is 10.1 Å². The number of urea groups is 1. The van der Waals surface area contributed by atoms with Crippen LogP contribution in [0.3, 0.4) is 0 Å². The summed E-state index contributed by atoms with van der Waals surface area (Å²) >= 11 is 0.914. The zero-order chi connectivity index (χ0) is 19.2. The molecule has 0 fully saturated rings. The zero-order valence-corrected chi connectivity index (χ0v) is 14.1. The molecular formula is C13H13F3N6O3S. The summed E-state index contributed by atoms with van der Waals surface area (Å²) < 4.78 is 42.3. The normalized spacial score (nSPS) is 11.1. The lowest BCUT2D eigenvalue weighted by Gasteiger charge is -2.09. The summed E-state index contributed by atoms with van der Waals surface area (Å²) in [5.74, 6) is -0.421. The van der Waals surface area contributed by atoms with E-state index in [-0.39, 0.29) is 10.9 Å². The van der Waals surface area contributed by atoms with Crippen LogP contribution in [0.2, 0.25) is 0 Å². The number of ether oxygens (including phenoxy) is 1. The second kappa shape index (κ2) is 8.51. The lowest BCUT2D eigenvalue weighted by Crippen LogP contribution is -2.43. The summed E-state index contributed by atoms with van der Waals surface area (Å²) in [6, 6.07) is 5.56. The highest BCUT2D eigenvalue weighted by molar-refractivity contribution is 7.99. The minimum absolute atomic E-state index is 0.265. The molecule has 2 rings (SSSR count). The molecule has 1 aromatic heterocycles. The minimum atomic E-state index is -4.56. The number of aromatic nitrogens is 4. The number of hydrogen-bond donors (Lipinski definition) is 2. The molecule has 9 nitrogen and oxygen atoms in total. The lowest BCUT2D eigenvalue weighted by atomic mass is 10.3. The van der Waals surface area contributed by atoms with Gasteiger partial charge in [-0.25, -0.2) is 4.79 Å². The fourth-order valence-corrected chi connectivity index (χ4v) is 2.36. The predicted molar refractivity (Wildman–Crippen MR) is 84.0 cm³/mol. The third kappa shape index (κ3) is 5.91. The van der Waals surface area contributed by atoms with Gasteiger partial charge in [0, 0.05) is 0 Å². The maximum Gasteiger partial charge on any atom is 0.405 e. The first kappa shape index (κ1) is 19.5. The Bertz CT molecular complexity index is 765. The van der Waals surface area contributed by atoms with E-state index in [0.717, 1.165) is 11.8 Å². The molecular weight excluding hydrogens is 377 g/mol. The molecule has 0 aliphatic heterocycles. The van der Waals surface area contributed by atoms with Crippen molar-refractivity contribution >= 4 is 23.7 Å². The highest BCUT2D eigenvalue weighted by atomic mass is 32.2. The molecule has 2 aromatic rings. The topological polar surface area (TPSA) is 111 Å². The Kier molecular flexibility index (Phi) is 6.38. The monoisotopic (exact) mass is 390 g/mol. The van der Waals surface area contributed by atoms with Crippen LogP contribution >= 0.6 is 11.8 Å². The molecule has 1 heterocycles. The van der Waals surface area contributed by atoms with Crippen LogP contribution in [0, 0.1) is 0 Å². The predicted octanol–water partition coefficient (Wildman–Crippen LogP) is 1.15. The molecule has 3 amide bonds. The number of methoxy groups -OCH3 is 1. The van der Waals surface area contributed by atoms with E-state index in [1.807, 2.05) is 0 Å². The Morgan fingerprint density at radius 2 is 1.96 bits per heavy atom. The Labute approximate surface area is 149 Å². The molecule has 0 spiro atoms. The first-order chi connectivity index (χ1) is 12.3. The number of alkyl halides is 3. The third-order valence-electron chi connectivity index (χ3n) is 2.79. The Morgan fingerprint density at radius 1 is 1.27 bits per heavy atom. The number of nitrogens with one attached hydrogen (secondary N) is 2. The molecule has 0 unspecified atom stereocenters. The smallest absolute Gasteiger partial charge is 0.405 e. The van der Waals surface area contributed by atoms with Gasteiger partial charge in [0.25, 0.3) is 0 Å². The zero-order valence-electron chi connectivity index (χ0n) is 13.3. The van der Waals surface area contributed by atoms with Crippen LogP contribution in [-0.4, -0.2) is 57.7 Å². The van der Waals surface area contributed by atoms with E-state index in [2.05, 4.69) is 15.5 Å². The first-order valence-corrected chi connectivity index (χ1v) is 7.97. The number of halogens is 3. The van der Waals surface area contributed by atoms with Gasteiger partial charge in [0.05, 0.1) is 18.6 Å². The van der Waals surface area contributed by atoms with Crippen molar-refractivity contribution in [3.05, 3.63) is 24.3 Å². The van der Waals surface area contributed by atoms with E-state index in [1.165, 1.54) is 17.1 Å². The number of thioether (sulfide) groups is 1. The second-order valence-electron chi connectivity index (χ2n) is 4.71. The quantitative estimate of drug-likeness (QED) is 0.712. The van der Waals surface area contributed by atoms with Gasteiger partial charge in [-0.2, -0.15) is 17.9 Å². The van der Waals surface area contributed by atoms with E-state index in [9.17, 15) is 22.8 Å². The summed E-state index contributed by atoms with van der Waals surface area (Å²) in [6.07, 6.45) is -4.56. The number of benzene rings is 1. The van der Waals surface area contributed by atoms with E-state index in [0.29, 0.717) is 11.4 Å². The van der Waals surface area contributed by atoms with Gasteiger partial charge < -0.3 is 10.1 Å². The van der Waals surface area contributed by atoms with Crippen molar-refractivity contribution in [2.75, 3.05) is 19.4 Å². The minimum Gasteiger partial charge on any atom is -0.497 e. The van der Waals surface area contributed by atoms with Gasteiger partial charge in [0.1, 0.15) is 12.3 Å². The van der Waals surface area contributed by atoms with E-state index >= 15 is 0 Å². The van der Waals surface area contributed by atoms with Crippen molar-refractivity contribution in [1.82, 2.24) is 30.8 Å². The second-order valence-corrected chi connectivity index (χ2v) is 5.65. The Morgan fingerprint density at radius 3 is 2.58 bits per heavy atom. The Balaban J connectivity index is 1.89. The van der Waals surface area contributed by atoms with Crippen LogP contribution in [0.25, 0.3) is 5.69 Å². The molecule has 0 saturated carbocycles. The molecule has 0 bridgehead atoms. The van der Waals surface area contributed by atoms with E-state index < -0.39 is 24.7 Å². The van der Waals surface area contributed by atoms with Crippen LogP contribution in [-0.2, 0) is 4.79 Å². The fourth-order valence-electron chi connectivity index (χ4n) is 1.67. The first-order valence-electron chi connectivity index (χ1n) is 6.98. The molecule has 0 radical (unpaired) electrons. The van der Waals surface area contributed by atoms with Crippen LogP contribution in [0.4, 0.5) is 18.0 Å². The summed E-state index contributed by atoms with van der Waals surface area (Å²) in [5, 5.41) is 14.6. The molecule has 140 valence electrons. The number of imide groups is 1. The van der Waals surface area contributed by atoms with Gasteiger partial charge in [-0.05, 0) is 34.7 Å². The average molecular weight is 390 g/mol. The molecule has 13 heteroatoms. The number of carbonyl (C=O) groups excluding carboxylic acids is 2. The van der Waals surface area contributed by atoms with Crippen molar-refractivity contribution in [2.45, 2.75) is 11.3 Å². The van der Waals surface area contributed by atoms with Gasteiger partial charge in [0.2, 0.25) is 11.1 Å². The summed E-state index contributed by atoms with van der Waals surface area (Å²) in [4.78, 5) is 22.8. The number of nitrogens with zero attached hydrogens (tertiary/aromatic N) is 4. The molecule has 0 aliphatic rings. The van der Waals surface area contributed by atoms with Gasteiger partial charge in [0.15, 0.2) is 0 Å². The average Bonchev–Trinajstić information content (AvgIpc) is 3.06. The molecule has 0 atom stereocenters.